The SMILES string of the molecule is CCCCCCCCCCCCCCCC(=O)NCCC[C@H]1C(OP(O)(=S)OC)[C@@H](COC)O[C@H]1n1ccc(=O)[nH]c1=O. The molecule has 1 aliphatic rings. The number of hydrogen-bond donors (Lipinski definition) is 3. The maximum Gasteiger partial charge on any atom is 0.330 e. The summed E-state index contributed by atoms with van der Waals surface area (Å²) in [4.78, 5) is 49.3. The van der Waals surface area contributed by atoms with Crippen LogP contribution in [0.3, 0.4) is 0 Å². The van der Waals surface area contributed by atoms with E-state index in [1.807, 2.05) is 0 Å². The van der Waals surface area contributed by atoms with Crippen LogP contribution >= 0.6 is 6.72 Å². The zero-order valence-electron chi connectivity index (χ0n) is 26.3. The number of amides is 1. The number of hydrogen-bond acceptors (Lipinski definition) is 8. The Morgan fingerprint density at radius 3 is 2.19 bits per heavy atom. The summed E-state index contributed by atoms with van der Waals surface area (Å²) in [7, 11) is 2.78. The number of unbranched alkanes of at least 4 members (excludes halogenated alkanes) is 12. The summed E-state index contributed by atoms with van der Waals surface area (Å²) in [6.45, 7) is -0.739. The third-order valence-corrected chi connectivity index (χ3v) is 9.63. The van der Waals surface area contributed by atoms with E-state index >= 15 is 0 Å². The molecular weight excluding hydrogens is 593 g/mol. The predicted molar refractivity (Wildman–Crippen MR) is 172 cm³/mol. The third-order valence-electron chi connectivity index (χ3n) is 7.95. The van der Waals surface area contributed by atoms with Gasteiger partial charge in [-0.25, -0.2) is 4.79 Å². The Hall–Kier alpha value is -1.40. The van der Waals surface area contributed by atoms with Crippen molar-refractivity contribution >= 4 is 24.4 Å². The Labute approximate surface area is 261 Å². The fraction of sp³-hybridized carbons (Fsp3) is 0.833. The first-order valence-electron chi connectivity index (χ1n) is 16.0. The minimum atomic E-state index is -3.56. The molecule has 1 saturated heterocycles. The molecule has 0 spiro atoms. The van der Waals surface area contributed by atoms with Gasteiger partial charge in [-0.3, -0.25) is 19.1 Å². The average Bonchev–Trinajstić information content (AvgIpc) is 3.29. The number of aromatic nitrogens is 2. The Morgan fingerprint density at radius 2 is 1.63 bits per heavy atom. The number of aromatic amines is 1. The molecule has 11 nitrogen and oxygen atoms in total. The van der Waals surface area contributed by atoms with Crippen LogP contribution in [-0.2, 0) is 35.1 Å². The van der Waals surface area contributed by atoms with E-state index in [4.69, 9.17) is 30.3 Å². The van der Waals surface area contributed by atoms with Gasteiger partial charge in [0.25, 0.3) is 5.56 Å². The second kappa shape index (κ2) is 21.4. The Balaban J connectivity index is 1.76. The minimum absolute atomic E-state index is 0.0226. The monoisotopic (exact) mass is 647 g/mol. The molecule has 0 radical (unpaired) electrons. The highest BCUT2D eigenvalue weighted by molar-refractivity contribution is 8.07. The minimum Gasteiger partial charge on any atom is -0.382 e. The Kier molecular flexibility index (Phi) is 18.8. The maximum atomic E-state index is 12.6. The van der Waals surface area contributed by atoms with E-state index in [9.17, 15) is 19.3 Å². The van der Waals surface area contributed by atoms with E-state index in [1.54, 1.807) is 0 Å². The van der Waals surface area contributed by atoms with E-state index in [2.05, 4.69) is 17.2 Å². The van der Waals surface area contributed by atoms with Gasteiger partial charge in [0.1, 0.15) is 18.4 Å². The quantitative estimate of drug-likeness (QED) is 0.100. The molecule has 1 aromatic heterocycles. The van der Waals surface area contributed by atoms with Gasteiger partial charge in [-0.15, -0.1) is 0 Å². The van der Waals surface area contributed by atoms with Crippen molar-refractivity contribution in [2.75, 3.05) is 27.4 Å². The lowest BCUT2D eigenvalue weighted by molar-refractivity contribution is -0.121. The van der Waals surface area contributed by atoms with Crippen LogP contribution in [-0.4, -0.2) is 59.9 Å². The Bertz CT molecular complexity index is 1080. The Morgan fingerprint density at radius 1 is 1.02 bits per heavy atom. The number of rotatable bonds is 24. The lowest BCUT2D eigenvalue weighted by Crippen LogP contribution is -2.36. The van der Waals surface area contributed by atoms with Gasteiger partial charge in [0.15, 0.2) is 0 Å². The average molecular weight is 648 g/mol. The van der Waals surface area contributed by atoms with Crippen molar-refractivity contribution in [1.29, 1.82) is 0 Å². The maximum absolute atomic E-state index is 12.6. The fourth-order valence-corrected chi connectivity index (χ4v) is 6.58. The molecule has 1 aromatic rings. The molecule has 2 rings (SSSR count). The van der Waals surface area contributed by atoms with Gasteiger partial charge >= 0.3 is 12.4 Å². The second-order valence-corrected chi connectivity index (χ2v) is 14.3. The molecule has 0 saturated carbocycles. The highest BCUT2D eigenvalue weighted by Gasteiger charge is 2.48. The zero-order chi connectivity index (χ0) is 31.5. The summed E-state index contributed by atoms with van der Waals surface area (Å²) in [6.07, 6.45) is 17.2. The predicted octanol–water partition coefficient (Wildman–Crippen LogP) is 5.32. The first-order chi connectivity index (χ1) is 20.7. The third kappa shape index (κ3) is 14.5. The highest BCUT2D eigenvalue weighted by atomic mass is 32.5. The standard InChI is InChI=1S/C30H54N3O8PS/c1-4-5-6-7-8-9-10-11-12-13-14-15-16-19-26(34)31-21-17-18-24-28(41-42(37,43)39-3)25(23-38-2)40-29(24)33-22-20-27(35)32-30(33)36/h20,22,24-25,28-29H,4-19,21,23H2,1-3H3,(H,31,34)(H,37,43)(H,32,35,36)/t24-,25+,28?,29+,42?/m0/s1. The first-order valence-corrected chi connectivity index (χ1v) is 18.6. The van der Waals surface area contributed by atoms with Crippen LogP contribution in [0.4, 0.5) is 0 Å². The molecule has 248 valence electrons. The summed E-state index contributed by atoms with van der Waals surface area (Å²) in [6, 6.07) is 1.24. The molecule has 0 aliphatic carbocycles. The van der Waals surface area contributed by atoms with Crippen molar-refractivity contribution in [3.8, 4) is 0 Å². The van der Waals surface area contributed by atoms with Crippen molar-refractivity contribution in [1.82, 2.24) is 14.9 Å². The normalized spacial score (nSPS) is 21.6. The lowest BCUT2D eigenvalue weighted by Gasteiger charge is -2.27. The van der Waals surface area contributed by atoms with Crippen LogP contribution in [0.25, 0.3) is 0 Å². The number of nitrogens with zero attached hydrogens (tertiary/aromatic N) is 1. The highest BCUT2D eigenvalue weighted by Crippen LogP contribution is 2.50. The molecule has 2 unspecified atom stereocenters. The number of carbonyl (C=O) groups excluding carboxylic acids is 1. The summed E-state index contributed by atoms with van der Waals surface area (Å²) in [5.74, 6) is -0.416. The number of nitrogens with one attached hydrogen (secondary N) is 2. The van der Waals surface area contributed by atoms with E-state index in [0.717, 1.165) is 12.8 Å². The van der Waals surface area contributed by atoms with Crippen LogP contribution in [0.1, 0.15) is 116 Å². The van der Waals surface area contributed by atoms with Crippen LogP contribution in [0.15, 0.2) is 21.9 Å². The van der Waals surface area contributed by atoms with Gasteiger partial charge in [-0.1, -0.05) is 84.0 Å². The van der Waals surface area contributed by atoms with Crippen LogP contribution in [0.2, 0.25) is 0 Å². The summed E-state index contributed by atoms with van der Waals surface area (Å²) < 4.78 is 23.6. The number of ether oxygens (including phenoxy) is 2. The van der Waals surface area contributed by atoms with Crippen LogP contribution in [0.5, 0.6) is 0 Å². The molecule has 1 amide bonds. The van der Waals surface area contributed by atoms with E-state index in [-0.39, 0.29) is 12.5 Å². The smallest absolute Gasteiger partial charge is 0.330 e. The van der Waals surface area contributed by atoms with Gasteiger partial charge < -0.3 is 28.7 Å². The van der Waals surface area contributed by atoms with Gasteiger partial charge in [-0.2, -0.15) is 0 Å². The molecule has 43 heavy (non-hydrogen) atoms. The molecule has 1 aliphatic heterocycles. The summed E-state index contributed by atoms with van der Waals surface area (Å²) in [5.41, 5.74) is -1.14. The molecule has 3 N–H and O–H groups in total. The van der Waals surface area contributed by atoms with Crippen LogP contribution in [0, 0.1) is 5.92 Å². The van der Waals surface area contributed by atoms with Gasteiger partial charge in [0.2, 0.25) is 5.91 Å². The fourth-order valence-electron chi connectivity index (χ4n) is 5.60. The van der Waals surface area contributed by atoms with E-state index in [1.165, 1.54) is 102 Å². The van der Waals surface area contributed by atoms with Gasteiger partial charge in [0, 0.05) is 45.4 Å². The van der Waals surface area contributed by atoms with Gasteiger partial charge in [0.05, 0.1) is 6.61 Å². The van der Waals surface area contributed by atoms with Crippen molar-refractivity contribution in [2.24, 2.45) is 5.92 Å². The molecule has 1 fully saturated rings. The largest absolute Gasteiger partial charge is 0.382 e. The lowest BCUT2D eigenvalue weighted by atomic mass is 9.94. The molecule has 0 aromatic carbocycles. The van der Waals surface area contributed by atoms with E-state index < -0.39 is 42.3 Å². The van der Waals surface area contributed by atoms with Gasteiger partial charge in [-0.05, 0) is 31.1 Å². The van der Waals surface area contributed by atoms with Crippen molar-refractivity contribution in [3.63, 3.8) is 0 Å². The van der Waals surface area contributed by atoms with Crippen LogP contribution < -0.4 is 16.6 Å². The zero-order valence-corrected chi connectivity index (χ0v) is 28.0. The van der Waals surface area contributed by atoms with Crippen molar-refractivity contribution in [3.05, 3.63) is 33.1 Å². The number of carbonyl (C=O) groups is 1. The number of methoxy groups -OCH3 is 1. The second-order valence-electron chi connectivity index (χ2n) is 11.4. The van der Waals surface area contributed by atoms with Crippen molar-refractivity contribution in [2.45, 2.75) is 128 Å². The number of H-pyrrole nitrogens is 1. The van der Waals surface area contributed by atoms with E-state index in [0.29, 0.717) is 25.8 Å². The molecule has 13 heteroatoms. The summed E-state index contributed by atoms with van der Waals surface area (Å²) in [5, 5.41) is 2.99. The topological polar surface area (TPSA) is 141 Å². The molecular formula is C30H54N3O8PS. The summed E-state index contributed by atoms with van der Waals surface area (Å²) >= 11 is 5.10. The molecule has 0 bridgehead atoms. The molecule has 2 heterocycles. The first kappa shape index (κ1) is 37.8. The molecule has 5 atom stereocenters. The van der Waals surface area contributed by atoms with Crippen molar-refractivity contribution < 1.29 is 28.2 Å².